The van der Waals surface area contributed by atoms with Gasteiger partial charge in [-0.25, -0.2) is 0 Å². The van der Waals surface area contributed by atoms with Crippen LogP contribution in [0.2, 0.25) is 0 Å². The van der Waals surface area contributed by atoms with Gasteiger partial charge < -0.3 is 0 Å². The lowest BCUT2D eigenvalue weighted by molar-refractivity contribution is 0.479. The van der Waals surface area contributed by atoms with Crippen LogP contribution in [-0.4, -0.2) is 18.7 Å². The zero-order valence-corrected chi connectivity index (χ0v) is 13.8. The molecule has 1 N–H and O–H groups in total. The molecule has 0 saturated carbocycles. The Morgan fingerprint density at radius 2 is 1.86 bits per heavy atom. The molecule has 0 atom stereocenters. The molecule has 0 saturated heterocycles. The number of hydrogen-bond donors (Lipinski definition) is 1. The molecule has 118 valence electrons. The Labute approximate surface area is 128 Å². The van der Waals surface area contributed by atoms with Crippen LogP contribution in [0, 0.1) is 6.92 Å². The van der Waals surface area contributed by atoms with Gasteiger partial charge in [-0.1, -0.05) is 63.0 Å². The molecule has 0 radical (unpaired) electrons. The van der Waals surface area contributed by atoms with Gasteiger partial charge in [0.05, 0.1) is 5.75 Å². The van der Waals surface area contributed by atoms with E-state index in [1.165, 1.54) is 16.7 Å². The second-order valence-electron chi connectivity index (χ2n) is 5.45. The van der Waals surface area contributed by atoms with Gasteiger partial charge in [-0.15, -0.1) is 0 Å². The summed E-state index contributed by atoms with van der Waals surface area (Å²) in [6.45, 7) is 4.27. The fraction of sp³-hybridized carbons (Fsp3) is 0.529. The Morgan fingerprint density at radius 1 is 1.14 bits per heavy atom. The van der Waals surface area contributed by atoms with Crippen molar-refractivity contribution >= 4 is 16.2 Å². The van der Waals surface area contributed by atoms with E-state index in [1.54, 1.807) is 0 Å². The molecule has 1 aromatic carbocycles. The number of hydrogen-bond acceptors (Lipinski definition) is 2. The van der Waals surface area contributed by atoms with Crippen molar-refractivity contribution in [3.63, 3.8) is 0 Å². The minimum Gasteiger partial charge on any atom is -0.286 e. The number of fused-ring (bicyclic) bond motifs is 1. The number of aryl methyl sites for hydroxylation is 1. The van der Waals surface area contributed by atoms with E-state index < -0.39 is 10.1 Å². The lowest BCUT2D eigenvalue weighted by atomic mass is 10.0. The quantitative estimate of drug-likeness (QED) is 0.625. The fourth-order valence-corrected chi connectivity index (χ4v) is 2.92. The first kappa shape index (κ1) is 17.9. The third kappa shape index (κ3) is 7.44. The predicted molar refractivity (Wildman–Crippen MR) is 89.1 cm³/mol. The molecule has 0 heterocycles. The molecule has 1 aromatic rings. The largest absolute Gasteiger partial charge is 0.286 e. The molecule has 1 aliphatic rings. The molecular formula is C17H26O3S. The Hall–Kier alpha value is -1.13. The van der Waals surface area contributed by atoms with Gasteiger partial charge in [-0.05, 0) is 36.5 Å². The SMILES string of the molecule is CCCCCCCS(=O)(=O)O.Cc1cccc2c1CC=C2. The first-order chi connectivity index (χ1) is 9.94. The van der Waals surface area contributed by atoms with Crippen LogP contribution in [-0.2, 0) is 16.5 Å². The van der Waals surface area contributed by atoms with E-state index >= 15 is 0 Å². The van der Waals surface area contributed by atoms with Gasteiger partial charge in [0.15, 0.2) is 0 Å². The minimum atomic E-state index is -3.71. The third-order valence-corrected chi connectivity index (χ3v) is 4.38. The summed E-state index contributed by atoms with van der Waals surface area (Å²) in [6.07, 6.45) is 10.4. The highest BCUT2D eigenvalue weighted by Gasteiger charge is 2.05. The number of unbranched alkanes of at least 4 members (excludes halogenated alkanes) is 4. The zero-order valence-electron chi connectivity index (χ0n) is 13.0. The lowest BCUT2D eigenvalue weighted by Gasteiger charge is -2.00. The maximum absolute atomic E-state index is 10.2. The average Bonchev–Trinajstić information content (AvgIpc) is 2.88. The van der Waals surface area contributed by atoms with E-state index in [4.69, 9.17) is 4.55 Å². The smallest absolute Gasteiger partial charge is 0.264 e. The van der Waals surface area contributed by atoms with Crippen molar-refractivity contribution in [3.05, 3.63) is 41.0 Å². The van der Waals surface area contributed by atoms with Gasteiger partial charge in [-0.2, -0.15) is 8.42 Å². The molecule has 21 heavy (non-hydrogen) atoms. The van der Waals surface area contributed by atoms with Gasteiger partial charge in [-0.3, -0.25) is 4.55 Å². The average molecular weight is 310 g/mol. The first-order valence-electron chi connectivity index (χ1n) is 7.64. The van der Waals surface area contributed by atoms with Crippen LogP contribution in [0.15, 0.2) is 24.3 Å². The van der Waals surface area contributed by atoms with E-state index in [0.29, 0.717) is 6.42 Å². The van der Waals surface area contributed by atoms with Gasteiger partial charge in [0.2, 0.25) is 0 Å². The van der Waals surface area contributed by atoms with Crippen molar-refractivity contribution in [2.24, 2.45) is 0 Å². The van der Waals surface area contributed by atoms with Gasteiger partial charge in [0.1, 0.15) is 0 Å². The monoisotopic (exact) mass is 310 g/mol. The summed E-state index contributed by atoms with van der Waals surface area (Å²) in [5.41, 5.74) is 4.32. The summed E-state index contributed by atoms with van der Waals surface area (Å²) in [6, 6.07) is 6.46. The van der Waals surface area contributed by atoms with Crippen LogP contribution in [0.1, 0.15) is 55.7 Å². The second kappa shape index (κ2) is 9.00. The normalized spacial score (nSPS) is 12.7. The molecule has 0 bridgehead atoms. The van der Waals surface area contributed by atoms with Crippen molar-refractivity contribution in [2.75, 3.05) is 5.75 Å². The lowest BCUT2D eigenvalue weighted by Crippen LogP contribution is -2.03. The molecule has 0 aliphatic heterocycles. The number of rotatable bonds is 6. The topological polar surface area (TPSA) is 54.4 Å². The Morgan fingerprint density at radius 3 is 2.48 bits per heavy atom. The summed E-state index contributed by atoms with van der Waals surface area (Å²) in [4.78, 5) is 0. The Balaban J connectivity index is 0.000000210. The third-order valence-electron chi connectivity index (χ3n) is 3.57. The fourth-order valence-electron chi connectivity index (χ4n) is 2.35. The van der Waals surface area contributed by atoms with Crippen molar-refractivity contribution < 1.29 is 13.0 Å². The molecule has 0 fully saturated rings. The zero-order chi connectivity index (χ0) is 15.7. The molecule has 0 spiro atoms. The van der Waals surface area contributed by atoms with Gasteiger partial charge in [0.25, 0.3) is 10.1 Å². The van der Waals surface area contributed by atoms with Crippen LogP contribution >= 0.6 is 0 Å². The second-order valence-corrected chi connectivity index (χ2v) is 7.02. The standard InChI is InChI=1S/C10H10.C7H16O3S/c1-8-4-2-5-9-6-3-7-10(8)9;1-2-3-4-5-6-7-11(8,9)10/h2-6H,7H2,1H3;2-7H2,1H3,(H,8,9,10). The molecule has 0 unspecified atom stereocenters. The molecule has 3 nitrogen and oxygen atoms in total. The maximum atomic E-state index is 10.2. The summed E-state index contributed by atoms with van der Waals surface area (Å²) < 4.78 is 28.8. The first-order valence-corrected chi connectivity index (χ1v) is 9.25. The van der Waals surface area contributed by atoms with Crippen molar-refractivity contribution in [1.82, 2.24) is 0 Å². The van der Waals surface area contributed by atoms with Crippen LogP contribution < -0.4 is 0 Å². The summed E-state index contributed by atoms with van der Waals surface area (Å²) in [7, 11) is -3.71. The summed E-state index contributed by atoms with van der Waals surface area (Å²) in [5, 5.41) is 0. The van der Waals surface area contributed by atoms with E-state index in [2.05, 4.69) is 44.2 Å². The highest BCUT2D eigenvalue weighted by atomic mass is 32.2. The Bertz CT molecular complexity index is 559. The van der Waals surface area contributed by atoms with Crippen molar-refractivity contribution in [1.29, 1.82) is 0 Å². The maximum Gasteiger partial charge on any atom is 0.264 e. The molecule has 0 amide bonds. The van der Waals surface area contributed by atoms with E-state index in [1.807, 2.05) is 0 Å². The van der Waals surface area contributed by atoms with Crippen LogP contribution in [0.4, 0.5) is 0 Å². The molecule has 0 aromatic heterocycles. The highest BCUT2D eigenvalue weighted by molar-refractivity contribution is 7.85. The van der Waals surface area contributed by atoms with Crippen LogP contribution in [0.3, 0.4) is 0 Å². The highest BCUT2D eigenvalue weighted by Crippen LogP contribution is 2.21. The molecule has 2 rings (SSSR count). The number of benzene rings is 1. The van der Waals surface area contributed by atoms with Crippen LogP contribution in [0.25, 0.3) is 6.08 Å². The molecular weight excluding hydrogens is 284 g/mol. The van der Waals surface area contributed by atoms with E-state index in [9.17, 15) is 8.42 Å². The molecule has 1 aliphatic carbocycles. The predicted octanol–water partition coefficient (Wildman–Crippen LogP) is 4.41. The van der Waals surface area contributed by atoms with E-state index in [0.717, 1.165) is 32.1 Å². The summed E-state index contributed by atoms with van der Waals surface area (Å²) in [5.74, 6) is -0.0866. The molecule has 4 heteroatoms. The summed E-state index contributed by atoms with van der Waals surface area (Å²) >= 11 is 0. The van der Waals surface area contributed by atoms with Gasteiger partial charge >= 0.3 is 0 Å². The van der Waals surface area contributed by atoms with Crippen molar-refractivity contribution in [2.45, 2.75) is 52.4 Å². The van der Waals surface area contributed by atoms with Gasteiger partial charge in [0, 0.05) is 0 Å². The Kier molecular flexibility index (Phi) is 7.68. The minimum absolute atomic E-state index is 0.0866. The van der Waals surface area contributed by atoms with E-state index in [-0.39, 0.29) is 5.75 Å². The van der Waals surface area contributed by atoms with Crippen molar-refractivity contribution in [3.8, 4) is 0 Å². The van der Waals surface area contributed by atoms with Crippen LogP contribution in [0.5, 0.6) is 0 Å². The number of allylic oxidation sites excluding steroid dienone is 1.